The number of carbonyl (C=O) groups excluding carboxylic acids is 1. The van der Waals surface area contributed by atoms with E-state index in [2.05, 4.69) is 6.58 Å². The van der Waals surface area contributed by atoms with E-state index in [0.717, 1.165) is 6.07 Å². The Balaban J connectivity index is 3.33. The van der Waals surface area contributed by atoms with Gasteiger partial charge in [-0.25, -0.2) is 0 Å². The number of alkyl halides is 3. The molecule has 0 aromatic heterocycles. The molecule has 0 spiro atoms. The molecule has 1 aromatic rings. The maximum atomic E-state index is 12.9. The van der Waals surface area contributed by atoms with Crippen molar-refractivity contribution in [2.24, 2.45) is 0 Å². The number of likely N-dealkylation sites (N-methyl/N-ethyl adjacent to an activating group) is 1. The van der Waals surface area contributed by atoms with Crippen LogP contribution in [-0.2, 0) is 6.18 Å². The lowest BCUT2D eigenvalue weighted by molar-refractivity contribution is -0.137. The lowest BCUT2D eigenvalue weighted by atomic mass is 10.1. The molecule has 1 aromatic carbocycles. The standard InChI is InChI=1S/C13H14F3NO/c1-3-7-17(4-2)12-6-5-10(9-18)8-11(12)13(14,15)16/h3,5-6,8-9H,1,4,7H2,2H3. The van der Waals surface area contributed by atoms with Gasteiger partial charge in [0, 0.05) is 24.3 Å². The monoisotopic (exact) mass is 257 g/mol. The van der Waals surface area contributed by atoms with E-state index in [1.807, 2.05) is 0 Å². The minimum atomic E-state index is -4.48. The van der Waals surface area contributed by atoms with Gasteiger partial charge in [0.1, 0.15) is 6.29 Å². The average molecular weight is 257 g/mol. The molecule has 2 nitrogen and oxygen atoms in total. The first-order valence-corrected chi connectivity index (χ1v) is 5.46. The van der Waals surface area contributed by atoms with Gasteiger partial charge >= 0.3 is 6.18 Å². The summed E-state index contributed by atoms with van der Waals surface area (Å²) in [6.45, 7) is 6.03. The number of benzene rings is 1. The highest BCUT2D eigenvalue weighted by molar-refractivity contribution is 5.77. The van der Waals surface area contributed by atoms with E-state index in [4.69, 9.17) is 0 Å². The Bertz CT molecular complexity index is 440. The van der Waals surface area contributed by atoms with Crippen molar-refractivity contribution < 1.29 is 18.0 Å². The number of halogens is 3. The summed E-state index contributed by atoms with van der Waals surface area (Å²) in [6, 6.07) is 3.57. The van der Waals surface area contributed by atoms with Crippen molar-refractivity contribution in [2.75, 3.05) is 18.0 Å². The summed E-state index contributed by atoms with van der Waals surface area (Å²) < 4.78 is 38.8. The summed E-state index contributed by atoms with van der Waals surface area (Å²) in [6.07, 6.45) is -2.54. The highest BCUT2D eigenvalue weighted by atomic mass is 19.4. The van der Waals surface area contributed by atoms with Crippen molar-refractivity contribution in [3.8, 4) is 0 Å². The van der Waals surface area contributed by atoms with Crippen molar-refractivity contribution in [1.29, 1.82) is 0 Å². The molecule has 0 aliphatic carbocycles. The highest BCUT2D eigenvalue weighted by Gasteiger charge is 2.34. The van der Waals surface area contributed by atoms with Crippen molar-refractivity contribution in [2.45, 2.75) is 13.1 Å². The van der Waals surface area contributed by atoms with Crippen molar-refractivity contribution in [3.05, 3.63) is 42.0 Å². The molecular weight excluding hydrogens is 243 g/mol. The van der Waals surface area contributed by atoms with Gasteiger partial charge in [0.2, 0.25) is 0 Å². The third-order valence-corrected chi connectivity index (χ3v) is 2.53. The van der Waals surface area contributed by atoms with Crippen LogP contribution >= 0.6 is 0 Å². The second kappa shape index (κ2) is 5.71. The van der Waals surface area contributed by atoms with Crippen LogP contribution in [0.2, 0.25) is 0 Å². The lowest BCUT2D eigenvalue weighted by Crippen LogP contribution is -2.25. The zero-order valence-electron chi connectivity index (χ0n) is 10.00. The van der Waals surface area contributed by atoms with Gasteiger partial charge in [0.25, 0.3) is 0 Å². The van der Waals surface area contributed by atoms with Crippen LogP contribution in [0.1, 0.15) is 22.8 Å². The predicted octanol–water partition coefficient (Wildman–Crippen LogP) is 3.53. The van der Waals surface area contributed by atoms with E-state index in [1.165, 1.54) is 18.2 Å². The lowest BCUT2D eigenvalue weighted by Gasteiger charge is -2.25. The van der Waals surface area contributed by atoms with Gasteiger partial charge in [-0.1, -0.05) is 6.08 Å². The zero-order chi connectivity index (χ0) is 13.8. The van der Waals surface area contributed by atoms with Gasteiger partial charge in [0.05, 0.1) is 5.56 Å². The van der Waals surface area contributed by atoms with E-state index in [9.17, 15) is 18.0 Å². The molecule has 98 valence electrons. The van der Waals surface area contributed by atoms with Crippen LogP contribution in [0.5, 0.6) is 0 Å². The summed E-state index contributed by atoms with van der Waals surface area (Å²) in [5.41, 5.74) is -0.716. The van der Waals surface area contributed by atoms with E-state index in [1.54, 1.807) is 11.8 Å². The van der Waals surface area contributed by atoms with Gasteiger partial charge in [0.15, 0.2) is 0 Å². The normalized spacial score (nSPS) is 11.1. The topological polar surface area (TPSA) is 20.3 Å². The number of carbonyl (C=O) groups is 1. The van der Waals surface area contributed by atoms with Gasteiger partial charge in [-0.05, 0) is 25.1 Å². The second-order valence-electron chi connectivity index (χ2n) is 3.72. The minimum Gasteiger partial charge on any atom is -0.368 e. The quantitative estimate of drug-likeness (QED) is 0.594. The number of anilines is 1. The predicted molar refractivity (Wildman–Crippen MR) is 64.9 cm³/mol. The summed E-state index contributed by atoms with van der Waals surface area (Å²) in [4.78, 5) is 12.1. The third kappa shape index (κ3) is 3.12. The van der Waals surface area contributed by atoms with Crippen LogP contribution in [0.3, 0.4) is 0 Å². The Morgan fingerprint density at radius 1 is 1.39 bits per heavy atom. The van der Waals surface area contributed by atoms with Crippen molar-refractivity contribution >= 4 is 12.0 Å². The molecular formula is C13H14F3NO. The smallest absolute Gasteiger partial charge is 0.368 e. The maximum absolute atomic E-state index is 12.9. The first-order chi connectivity index (χ1) is 8.43. The van der Waals surface area contributed by atoms with E-state index < -0.39 is 11.7 Å². The summed E-state index contributed by atoms with van der Waals surface area (Å²) in [5, 5.41) is 0. The molecule has 0 radical (unpaired) electrons. The minimum absolute atomic E-state index is 0.0146. The molecule has 0 fully saturated rings. The molecule has 0 saturated heterocycles. The molecule has 5 heteroatoms. The fourth-order valence-electron chi connectivity index (χ4n) is 1.68. The Morgan fingerprint density at radius 2 is 2.06 bits per heavy atom. The molecule has 0 heterocycles. The van der Waals surface area contributed by atoms with Crippen molar-refractivity contribution in [1.82, 2.24) is 0 Å². The summed E-state index contributed by atoms with van der Waals surface area (Å²) >= 11 is 0. The third-order valence-electron chi connectivity index (χ3n) is 2.53. The van der Waals surface area contributed by atoms with Crippen LogP contribution in [0.25, 0.3) is 0 Å². The molecule has 0 atom stereocenters. The Morgan fingerprint density at radius 3 is 2.50 bits per heavy atom. The molecule has 1 rings (SSSR count). The molecule has 0 bridgehead atoms. The second-order valence-corrected chi connectivity index (χ2v) is 3.72. The summed E-state index contributed by atoms with van der Waals surface area (Å²) in [7, 11) is 0. The van der Waals surface area contributed by atoms with E-state index in [-0.39, 0.29) is 11.3 Å². The number of hydrogen-bond acceptors (Lipinski definition) is 2. The fraction of sp³-hybridized carbons (Fsp3) is 0.308. The first kappa shape index (κ1) is 14.3. The maximum Gasteiger partial charge on any atom is 0.418 e. The van der Waals surface area contributed by atoms with Crippen LogP contribution in [-0.4, -0.2) is 19.4 Å². The fourth-order valence-corrected chi connectivity index (χ4v) is 1.68. The molecule has 0 aliphatic rings. The Hall–Kier alpha value is -1.78. The molecule has 0 saturated carbocycles. The van der Waals surface area contributed by atoms with Gasteiger partial charge in [-0.2, -0.15) is 13.2 Å². The molecule has 0 N–H and O–H groups in total. The molecule has 0 unspecified atom stereocenters. The van der Waals surface area contributed by atoms with Gasteiger partial charge in [-0.3, -0.25) is 4.79 Å². The number of rotatable bonds is 5. The highest BCUT2D eigenvalue weighted by Crippen LogP contribution is 2.37. The largest absolute Gasteiger partial charge is 0.418 e. The van der Waals surface area contributed by atoms with Crippen LogP contribution in [0, 0.1) is 0 Å². The molecule has 0 aliphatic heterocycles. The van der Waals surface area contributed by atoms with Crippen LogP contribution in [0.4, 0.5) is 18.9 Å². The zero-order valence-corrected chi connectivity index (χ0v) is 10.00. The Labute approximate surface area is 104 Å². The first-order valence-electron chi connectivity index (χ1n) is 5.46. The van der Waals surface area contributed by atoms with Crippen LogP contribution in [0.15, 0.2) is 30.9 Å². The van der Waals surface area contributed by atoms with Gasteiger partial charge in [-0.15, -0.1) is 6.58 Å². The number of aldehydes is 1. The van der Waals surface area contributed by atoms with Crippen molar-refractivity contribution in [3.63, 3.8) is 0 Å². The van der Waals surface area contributed by atoms with E-state index >= 15 is 0 Å². The Kier molecular flexibility index (Phi) is 4.53. The van der Waals surface area contributed by atoms with Crippen LogP contribution < -0.4 is 4.90 Å². The van der Waals surface area contributed by atoms with E-state index in [0.29, 0.717) is 19.4 Å². The number of nitrogens with zero attached hydrogens (tertiary/aromatic N) is 1. The molecule has 0 amide bonds. The average Bonchev–Trinajstić information content (AvgIpc) is 2.34. The van der Waals surface area contributed by atoms with Gasteiger partial charge < -0.3 is 4.90 Å². The molecule has 18 heavy (non-hydrogen) atoms. The summed E-state index contributed by atoms with van der Waals surface area (Å²) in [5.74, 6) is 0. The SMILES string of the molecule is C=CCN(CC)c1ccc(C=O)cc1C(F)(F)F. The number of hydrogen-bond donors (Lipinski definition) is 0.